The second kappa shape index (κ2) is 3.48. The van der Waals surface area contributed by atoms with Crippen LogP contribution in [0.1, 0.15) is 18.2 Å². The van der Waals surface area contributed by atoms with Gasteiger partial charge in [-0.2, -0.15) is 5.26 Å². The molecule has 2 heterocycles. The first-order valence-corrected chi connectivity index (χ1v) is 4.30. The van der Waals surface area contributed by atoms with Crippen LogP contribution in [0.25, 0.3) is 5.65 Å². The summed E-state index contributed by atoms with van der Waals surface area (Å²) in [5, 5.41) is 18.1. The molecule has 4 nitrogen and oxygen atoms in total. The van der Waals surface area contributed by atoms with Gasteiger partial charge in [-0.15, -0.1) is 0 Å². The van der Waals surface area contributed by atoms with Crippen LogP contribution in [0.5, 0.6) is 0 Å². The van der Waals surface area contributed by atoms with Gasteiger partial charge >= 0.3 is 0 Å². The topological polar surface area (TPSA) is 61.3 Å². The standard InChI is InChI=1S/C10H9N3O/c11-5-4-9(14)8-7-12-10-3-1-2-6-13(8)10/h1-3,6-7,9,14H,4H2. The minimum Gasteiger partial charge on any atom is -0.386 e. The number of fused-ring (bicyclic) bond motifs is 1. The highest BCUT2D eigenvalue weighted by Gasteiger charge is 2.11. The maximum atomic E-state index is 9.62. The van der Waals surface area contributed by atoms with Crippen LogP contribution in [0.3, 0.4) is 0 Å². The van der Waals surface area contributed by atoms with E-state index in [0.717, 1.165) is 5.65 Å². The summed E-state index contributed by atoms with van der Waals surface area (Å²) in [5.41, 5.74) is 1.43. The van der Waals surface area contributed by atoms with Crippen LogP contribution in [0.2, 0.25) is 0 Å². The summed E-state index contributed by atoms with van der Waals surface area (Å²) in [5.74, 6) is 0. The smallest absolute Gasteiger partial charge is 0.136 e. The van der Waals surface area contributed by atoms with Gasteiger partial charge in [0.1, 0.15) is 11.8 Å². The van der Waals surface area contributed by atoms with E-state index in [1.54, 1.807) is 10.6 Å². The molecule has 0 aliphatic carbocycles. The molecule has 0 aliphatic heterocycles. The van der Waals surface area contributed by atoms with Gasteiger partial charge in [0.25, 0.3) is 0 Å². The quantitative estimate of drug-likeness (QED) is 0.770. The van der Waals surface area contributed by atoms with Gasteiger partial charge in [-0.05, 0) is 12.1 Å². The third-order valence-corrected chi connectivity index (χ3v) is 2.07. The van der Waals surface area contributed by atoms with E-state index in [1.165, 1.54) is 0 Å². The van der Waals surface area contributed by atoms with Crippen molar-refractivity contribution in [2.45, 2.75) is 12.5 Å². The van der Waals surface area contributed by atoms with Crippen molar-refractivity contribution in [3.8, 4) is 6.07 Å². The molecule has 1 atom stereocenters. The molecule has 14 heavy (non-hydrogen) atoms. The van der Waals surface area contributed by atoms with E-state index in [9.17, 15) is 5.11 Å². The highest BCUT2D eigenvalue weighted by atomic mass is 16.3. The monoisotopic (exact) mass is 187 g/mol. The van der Waals surface area contributed by atoms with E-state index in [-0.39, 0.29) is 6.42 Å². The van der Waals surface area contributed by atoms with Crippen LogP contribution < -0.4 is 0 Å². The zero-order chi connectivity index (χ0) is 9.97. The average Bonchev–Trinajstić information content (AvgIpc) is 2.61. The number of rotatable bonds is 2. The lowest BCUT2D eigenvalue weighted by molar-refractivity contribution is 0.177. The molecule has 0 amide bonds. The molecule has 0 radical (unpaired) electrons. The minimum atomic E-state index is -0.766. The first-order chi connectivity index (χ1) is 6.83. The zero-order valence-electron chi connectivity index (χ0n) is 7.46. The lowest BCUT2D eigenvalue weighted by Gasteiger charge is -2.05. The third-order valence-electron chi connectivity index (χ3n) is 2.07. The summed E-state index contributed by atoms with van der Waals surface area (Å²) in [7, 11) is 0. The predicted octanol–water partition coefficient (Wildman–Crippen LogP) is 1.28. The largest absolute Gasteiger partial charge is 0.386 e. The molecule has 0 spiro atoms. The fraction of sp³-hybridized carbons (Fsp3) is 0.200. The van der Waals surface area contributed by atoms with Gasteiger partial charge in [0, 0.05) is 6.20 Å². The van der Waals surface area contributed by atoms with Gasteiger partial charge in [0.15, 0.2) is 0 Å². The average molecular weight is 187 g/mol. The number of pyridine rings is 1. The molecule has 2 aromatic heterocycles. The van der Waals surface area contributed by atoms with E-state index < -0.39 is 6.10 Å². The molecule has 70 valence electrons. The van der Waals surface area contributed by atoms with Crippen molar-refractivity contribution in [1.82, 2.24) is 9.38 Å². The summed E-state index contributed by atoms with van der Waals surface area (Å²) in [6, 6.07) is 7.52. The molecular formula is C10H9N3O. The molecule has 0 bridgehead atoms. The Bertz CT molecular complexity index is 483. The Hall–Kier alpha value is -1.86. The van der Waals surface area contributed by atoms with Gasteiger partial charge in [-0.25, -0.2) is 4.98 Å². The van der Waals surface area contributed by atoms with E-state index >= 15 is 0 Å². The second-order valence-electron chi connectivity index (χ2n) is 2.99. The Kier molecular flexibility index (Phi) is 2.17. The number of hydrogen-bond donors (Lipinski definition) is 1. The van der Waals surface area contributed by atoms with E-state index in [4.69, 9.17) is 5.26 Å². The van der Waals surface area contributed by atoms with Crippen molar-refractivity contribution in [1.29, 1.82) is 5.26 Å². The van der Waals surface area contributed by atoms with Crippen LogP contribution in [0, 0.1) is 11.3 Å². The van der Waals surface area contributed by atoms with Crippen LogP contribution in [0.4, 0.5) is 0 Å². The van der Waals surface area contributed by atoms with Crippen LogP contribution in [-0.2, 0) is 0 Å². The van der Waals surface area contributed by atoms with Crippen molar-refractivity contribution in [2.24, 2.45) is 0 Å². The van der Waals surface area contributed by atoms with Gasteiger partial charge in [0.05, 0.1) is 24.4 Å². The van der Waals surface area contributed by atoms with Crippen molar-refractivity contribution in [3.05, 3.63) is 36.3 Å². The fourth-order valence-corrected chi connectivity index (χ4v) is 1.39. The van der Waals surface area contributed by atoms with E-state index in [1.807, 2.05) is 30.5 Å². The Morgan fingerprint density at radius 2 is 2.43 bits per heavy atom. The van der Waals surface area contributed by atoms with Gasteiger partial charge in [-0.1, -0.05) is 6.07 Å². The molecule has 0 aliphatic rings. The van der Waals surface area contributed by atoms with Gasteiger partial charge in [0.2, 0.25) is 0 Å². The van der Waals surface area contributed by atoms with Crippen LogP contribution in [-0.4, -0.2) is 14.5 Å². The molecule has 0 saturated heterocycles. The summed E-state index contributed by atoms with van der Waals surface area (Å²) in [6.45, 7) is 0. The molecule has 0 fully saturated rings. The molecule has 2 aromatic rings. The highest BCUT2D eigenvalue weighted by Crippen LogP contribution is 2.17. The van der Waals surface area contributed by atoms with E-state index in [2.05, 4.69) is 4.98 Å². The fourth-order valence-electron chi connectivity index (χ4n) is 1.39. The highest BCUT2D eigenvalue weighted by molar-refractivity contribution is 5.40. The number of nitriles is 1. The lowest BCUT2D eigenvalue weighted by atomic mass is 10.2. The normalized spacial score (nSPS) is 12.6. The maximum Gasteiger partial charge on any atom is 0.136 e. The summed E-state index contributed by atoms with van der Waals surface area (Å²) >= 11 is 0. The van der Waals surface area contributed by atoms with Crippen molar-refractivity contribution < 1.29 is 5.11 Å². The van der Waals surface area contributed by atoms with Crippen molar-refractivity contribution >= 4 is 5.65 Å². The second-order valence-corrected chi connectivity index (χ2v) is 2.99. The third kappa shape index (κ3) is 1.34. The Morgan fingerprint density at radius 3 is 3.21 bits per heavy atom. The van der Waals surface area contributed by atoms with Gasteiger partial charge < -0.3 is 9.51 Å². The van der Waals surface area contributed by atoms with Crippen molar-refractivity contribution in [2.75, 3.05) is 0 Å². The molecular weight excluding hydrogens is 178 g/mol. The Balaban J connectivity index is 2.48. The molecule has 4 heteroatoms. The summed E-state index contributed by atoms with van der Waals surface area (Å²) in [6.07, 6.45) is 2.73. The molecule has 0 saturated carbocycles. The Labute approximate surface area is 81.1 Å². The Morgan fingerprint density at radius 1 is 1.57 bits per heavy atom. The zero-order valence-corrected chi connectivity index (χ0v) is 7.46. The molecule has 1 unspecified atom stereocenters. The first-order valence-electron chi connectivity index (χ1n) is 4.30. The molecule has 1 N–H and O–H groups in total. The van der Waals surface area contributed by atoms with Crippen molar-refractivity contribution in [3.63, 3.8) is 0 Å². The number of nitrogens with zero attached hydrogens (tertiary/aromatic N) is 3. The number of aromatic nitrogens is 2. The number of aliphatic hydroxyl groups is 1. The number of imidazole rings is 1. The number of hydrogen-bond acceptors (Lipinski definition) is 3. The van der Waals surface area contributed by atoms with Gasteiger partial charge in [-0.3, -0.25) is 0 Å². The maximum absolute atomic E-state index is 9.62. The molecule has 2 rings (SSSR count). The first kappa shape index (κ1) is 8.73. The summed E-state index contributed by atoms with van der Waals surface area (Å²) in [4.78, 5) is 4.12. The lowest BCUT2D eigenvalue weighted by Crippen LogP contribution is -2.00. The summed E-state index contributed by atoms with van der Waals surface area (Å²) < 4.78 is 1.78. The SMILES string of the molecule is N#CCC(O)c1cnc2ccccn12. The number of aliphatic hydroxyl groups excluding tert-OH is 1. The predicted molar refractivity (Wildman–Crippen MR) is 50.4 cm³/mol. The van der Waals surface area contributed by atoms with Crippen LogP contribution in [0.15, 0.2) is 30.6 Å². The van der Waals surface area contributed by atoms with Crippen LogP contribution >= 0.6 is 0 Å². The minimum absolute atomic E-state index is 0.0860. The molecule has 0 aromatic carbocycles. The van der Waals surface area contributed by atoms with E-state index in [0.29, 0.717) is 5.69 Å².